The summed E-state index contributed by atoms with van der Waals surface area (Å²) in [5.74, 6) is -0.161. The fraction of sp³-hybridized carbons (Fsp3) is 0.333. The number of hydrogen-bond donors (Lipinski definition) is 6. The SMILES string of the molecule is CC(CN)Cc1cc(Cl)c(F)c(C2=CC3=CN(c4ccc(CNCCCN=C(N)N)cc4)C(=O)NC3N2)c1. The molecule has 2 aromatic carbocycles. The molecule has 0 spiro atoms. The molecule has 0 aromatic heterocycles. The topological polar surface area (TPSA) is 147 Å². The largest absolute Gasteiger partial charge is 0.370 e. The summed E-state index contributed by atoms with van der Waals surface area (Å²) in [6, 6.07) is 10.9. The standard InChI is InChI=1S/C27H34ClFN8O/c1-16(13-30)9-18-10-21(24(29)22(28)11-18)23-12-19-15-37(27(38)36-25(19)35-23)20-5-3-17(4-6-20)14-33-7-2-8-34-26(31)32/h3-6,10-12,15-16,25,33,35H,2,7-9,13-14,30H2,1H3,(H,36,38)(H4,31,32,34). The quantitative estimate of drug-likeness (QED) is 0.147. The zero-order valence-corrected chi connectivity index (χ0v) is 22.1. The van der Waals surface area contributed by atoms with Crippen molar-refractivity contribution in [3.8, 4) is 0 Å². The molecule has 0 saturated carbocycles. The van der Waals surface area contributed by atoms with E-state index in [1.54, 1.807) is 23.2 Å². The maximum absolute atomic E-state index is 15.0. The Balaban J connectivity index is 1.45. The average molecular weight is 541 g/mol. The van der Waals surface area contributed by atoms with Gasteiger partial charge in [-0.05, 0) is 73.3 Å². The van der Waals surface area contributed by atoms with Crippen LogP contribution >= 0.6 is 11.6 Å². The van der Waals surface area contributed by atoms with Crippen LogP contribution in [0.15, 0.2) is 59.2 Å². The number of nitrogens with one attached hydrogen (secondary N) is 3. The van der Waals surface area contributed by atoms with E-state index in [2.05, 4.69) is 20.9 Å². The number of hydrogen-bond acceptors (Lipinski definition) is 5. The summed E-state index contributed by atoms with van der Waals surface area (Å²) in [4.78, 5) is 18.4. The molecular weight excluding hydrogens is 507 g/mol. The van der Waals surface area contributed by atoms with Crippen LogP contribution in [0.4, 0.5) is 14.9 Å². The zero-order valence-electron chi connectivity index (χ0n) is 21.3. The van der Waals surface area contributed by atoms with E-state index in [-0.39, 0.29) is 22.9 Å². The normalized spacial score (nSPS) is 17.2. The van der Waals surface area contributed by atoms with Crippen LogP contribution in [0.2, 0.25) is 5.02 Å². The van der Waals surface area contributed by atoms with Crippen LogP contribution in [-0.2, 0) is 13.0 Å². The number of rotatable bonds is 11. The number of nitrogens with two attached hydrogens (primary N) is 3. The Morgan fingerprint density at radius 3 is 2.68 bits per heavy atom. The molecular formula is C27H34ClFN8O. The first kappa shape index (κ1) is 27.4. The van der Waals surface area contributed by atoms with E-state index in [1.807, 2.05) is 37.3 Å². The first-order valence-electron chi connectivity index (χ1n) is 12.6. The van der Waals surface area contributed by atoms with Gasteiger partial charge in [0.15, 0.2) is 11.8 Å². The Morgan fingerprint density at radius 2 is 1.97 bits per heavy atom. The summed E-state index contributed by atoms with van der Waals surface area (Å²) in [5, 5.41) is 9.54. The highest BCUT2D eigenvalue weighted by Gasteiger charge is 2.32. The molecule has 38 heavy (non-hydrogen) atoms. The van der Waals surface area contributed by atoms with E-state index in [4.69, 9.17) is 28.8 Å². The third-order valence-electron chi connectivity index (χ3n) is 6.42. The third-order valence-corrected chi connectivity index (χ3v) is 6.70. The lowest BCUT2D eigenvalue weighted by atomic mass is 9.98. The second-order valence-corrected chi connectivity index (χ2v) is 9.98. The number of benzene rings is 2. The predicted molar refractivity (Wildman–Crippen MR) is 151 cm³/mol. The van der Waals surface area contributed by atoms with Crippen molar-refractivity contribution in [3.05, 3.63) is 81.8 Å². The van der Waals surface area contributed by atoms with Gasteiger partial charge in [-0.2, -0.15) is 0 Å². The maximum Gasteiger partial charge on any atom is 0.327 e. The summed E-state index contributed by atoms with van der Waals surface area (Å²) in [6.07, 6.45) is 4.66. The molecule has 0 saturated heterocycles. The summed E-state index contributed by atoms with van der Waals surface area (Å²) in [7, 11) is 0. The number of urea groups is 1. The number of anilines is 1. The number of carbonyl (C=O) groups excluding carboxylic acids is 1. The van der Waals surface area contributed by atoms with Crippen molar-refractivity contribution in [2.24, 2.45) is 28.1 Å². The molecule has 0 radical (unpaired) electrons. The Kier molecular flexibility index (Phi) is 8.88. The smallest absolute Gasteiger partial charge is 0.327 e. The number of carbonyl (C=O) groups is 1. The summed E-state index contributed by atoms with van der Waals surface area (Å²) in [6.45, 7) is 4.61. The Labute approximate surface area is 227 Å². The van der Waals surface area contributed by atoms with E-state index in [1.165, 1.54) is 0 Å². The molecule has 11 heteroatoms. The molecule has 9 N–H and O–H groups in total. The van der Waals surface area contributed by atoms with Gasteiger partial charge >= 0.3 is 6.03 Å². The minimum Gasteiger partial charge on any atom is -0.370 e. The Morgan fingerprint density at radius 1 is 1.21 bits per heavy atom. The lowest BCUT2D eigenvalue weighted by Gasteiger charge is -2.29. The van der Waals surface area contributed by atoms with Crippen molar-refractivity contribution in [1.82, 2.24) is 16.0 Å². The van der Waals surface area contributed by atoms with Gasteiger partial charge in [-0.3, -0.25) is 9.89 Å². The van der Waals surface area contributed by atoms with E-state index in [9.17, 15) is 9.18 Å². The molecule has 2 amide bonds. The van der Waals surface area contributed by atoms with E-state index < -0.39 is 12.0 Å². The monoisotopic (exact) mass is 540 g/mol. The number of nitrogens with zero attached hydrogens (tertiary/aromatic N) is 2. The summed E-state index contributed by atoms with van der Waals surface area (Å²) in [5.41, 5.74) is 20.8. The molecule has 202 valence electrons. The van der Waals surface area contributed by atoms with E-state index >= 15 is 0 Å². The third kappa shape index (κ3) is 6.63. The number of amides is 2. The highest BCUT2D eigenvalue weighted by Crippen LogP contribution is 2.32. The van der Waals surface area contributed by atoms with E-state index in [0.29, 0.717) is 37.3 Å². The number of fused-ring (bicyclic) bond motifs is 1. The van der Waals surface area contributed by atoms with Crippen LogP contribution in [0, 0.1) is 11.7 Å². The van der Waals surface area contributed by atoms with Gasteiger partial charge in [-0.25, -0.2) is 9.18 Å². The molecule has 2 unspecified atom stereocenters. The first-order chi connectivity index (χ1) is 18.2. The second-order valence-electron chi connectivity index (χ2n) is 9.57. The van der Waals surface area contributed by atoms with Gasteiger partial charge in [0, 0.05) is 36.1 Å². The number of aliphatic imine (C=N–C) groups is 1. The van der Waals surface area contributed by atoms with Crippen LogP contribution in [0.1, 0.15) is 30.0 Å². The minimum absolute atomic E-state index is 0.0577. The molecule has 0 aliphatic carbocycles. The van der Waals surface area contributed by atoms with Crippen LogP contribution in [0.25, 0.3) is 5.70 Å². The second kappa shape index (κ2) is 12.3. The maximum atomic E-state index is 15.0. The van der Waals surface area contributed by atoms with Crippen LogP contribution in [0.5, 0.6) is 0 Å². The molecule has 4 rings (SSSR count). The van der Waals surface area contributed by atoms with Crippen molar-refractivity contribution in [1.29, 1.82) is 0 Å². The van der Waals surface area contributed by atoms with Gasteiger partial charge in [0.2, 0.25) is 0 Å². The average Bonchev–Trinajstić information content (AvgIpc) is 3.30. The van der Waals surface area contributed by atoms with Gasteiger partial charge in [0.1, 0.15) is 6.17 Å². The van der Waals surface area contributed by atoms with Crippen molar-refractivity contribution < 1.29 is 9.18 Å². The number of guanidine groups is 1. The summed E-state index contributed by atoms with van der Waals surface area (Å²) >= 11 is 6.21. The van der Waals surface area contributed by atoms with Crippen LogP contribution in [-0.4, -0.2) is 37.8 Å². The van der Waals surface area contributed by atoms with Gasteiger partial charge in [-0.15, -0.1) is 0 Å². The zero-order chi connectivity index (χ0) is 27.2. The molecule has 2 atom stereocenters. The Hall–Kier alpha value is -3.60. The summed E-state index contributed by atoms with van der Waals surface area (Å²) < 4.78 is 15.0. The van der Waals surface area contributed by atoms with Crippen molar-refractivity contribution in [2.45, 2.75) is 32.5 Å². The Bertz CT molecular complexity index is 1260. The molecule has 2 aliphatic rings. The van der Waals surface area contributed by atoms with Gasteiger partial charge < -0.3 is 33.2 Å². The van der Waals surface area contributed by atoms with E-state index in [0.717, 1.165) is 35.4 Å². The molecule has 2 heterocycles. The molecule has 2 aromatic rings. The van der Waals surface area contributed by atoms with Crippen LogP contribution < -0.4 is 38.1 Å². The van der Waals surface area contributed by atoms with Gasteiger partial charge in [0.05, 0.1) is 10.7 Å². The molecule has 0 fully saturated rings. The molecule has 0 bridgehead atoms. The lowest BCUT2D eigenvalue weighted by molar-refractivity contribution is 0.244. The highest BCUT2D eigenvalue weighted by atomic mass is 35.5. The first-order valence-corrected chi connectivity index (χ1v) is 13.0. The van der Waals surface area contributed by atoms with Crippen molar-refractivity contribution in [2.75, 3.05) is 24.5 Å². The van der Waals surface area contributed by atoms with Crippen molar-refractivity contribution >= 4 is 35.0 Å². The van der Waals surface area contributed by atoms with Gasteiger partial charge in [-0.1, -0.05) is 30.7 Å². The van der Waals surface area contributed by atoms with Gasteiger partial charge in [0.25, 0.3) is 0 Å². The lowest BCUT2D eigenvalue weighted by Crippen LogP contribution is -2.51. The molecule has 2 aliphatic heterocycles. The minimum atomic E-state index is -0.502. The highest BCUT2D eigenvalue weighted by molar-refractivity contribution is 6.31. The molecule has 9 nitrogen and oxygen atoms in total. The number of halogens is 2. The fourth-order valence-electron chi connectivity index (χ4n) is 4.37. The van der Waals surface area contributed by atoms with Crippen LogP contribution in [0.3, 0.4) is 0 Å². The fourth-order valence-corrected chi connectivity index (χ4v) is 4.62. The predicted octanol–water partition coefficient (Wildman–Crippen LogP) is 2.75. The van der Waals surface area contributed by atoms with Crippen molar-refractivity contribution in [3.63, 3.8) is 0 Å².